The van der Waals surface area contributed by atoms with Crippen LogP contribution in [0.25, 0.3) is 0 Å². The smallest absolute Gasteiger partial charge is 0.255 e. The first-order chi connectivity index (χ1) is 9.49. The number of carbonyl (C=O) groups is 2. The third-order valence-electron chi connectivity index (χ3n) is 3.57. The SMILES string of the molecule is NC(=O)CN(C(=O)c1cc(N)ccc1Br)C1CCCC1. The van der Waals surface area contributed by atoms with Gasteiger partial charge in [-0.2, -0.15) is 0 Å². The average molecular weight is 340 g/mol. The molecule has 0 aromatic heterocycles. The van der Waals surface area contributed by atoms with Gasteiger partial charge in [0.05, 0.1) is 12.1 Å². The summed E-state index contributed by atoms with van der Waals surface area (Å²) >= 11 is 3.35. The molecule has 5 nitrogen and oxygen atoms in total. The van der Waals surface area contributed by atoms with E-state index < -0.39 is 5.91 Å². The normalized spacial score (nSPS) is 15.2. The Morgan fingerprint density at radius 1 is 1.30 bits per heavy atom. The zero-order valence-corrected chi connectivity index (χ0v) is 12.7. The number of carbonyl (C=O) groups excluding carboxylic acids is 2. The zero-order chi connectivity index (χ0) is 14.7. The Morgan fingerprint density at radius 3 is 2.55 bits per heavy atom. The summed E-state index contributed by atoms with van der Waals surface area (Å²) in [7, 11) is 0. The number of amides is 2. The van der Waals surface area contributed by atoms with Crippen LogP contribution < -0.4 is 11.5 Å². The number of primary amides is 1. The summed E-state index contributed by atoms with van der Waals surface area (Å²) in [6.45, 7) is -0.0509. The van der Waals surface area contributed by atoms with Crippen LogP contribution in [0.3, 0.4) is 0 Å². The van der Waals surface area contributed by atoms with E-state index in [1.165, 1.54) is 0 Å². The molecule has 2 rings (SSSR count). The maximum Gasteiger partial charge on any atom is 0.255 e. The molecule has 2 amide bonds. The minimum atomic E-state index is -0.495. The van der Waals surface area contributed by atoms with Crippen molar-refractivity contribution in [1.82, 2.24) is 4.90 Å². The number of anilines is 1. The fourth-order valence-electron chi connectivity index (χ4n) is 2.61. The molecule has 1 aromatic carbocycles. The van der Waals surface area contributed by atoms with Gasteiger partial charge in [0.1, 0.15) is 0 Å². The topological polar surface area (TPSA) is 89.4 Å². The summed E-state index contributed by atoms with van der Waals surface area (Å²) in [5, 5.41) is 0. The van der Waals surface area contributed by atoms with Gasteiger partial charge >= 0.3 is 0 Å². The van der Waals surface area contributed by atoms with E-state index >= 15 is 0 Å². The van der Waals surface area contributed by atoms with Crippen LogP contribution in [-0.2, 0) is 4.79 Å². The Labute approximate surface area is 126 Å². The van der Waals surface area contributed by atoms with E-state index in [4.69, 9.17) is 11.5 Å². The molecule has 1 aromatic rings. The largest absolute Gasteiger partial charge is 0.399 e. The molecule has 1 aliphatic rings. The van der Waals surface area contributed by atoms with Gasteiger partial charge in [0.15, 0.2) is 0 Å². The van der Waals surface area contributed by atoms with Crippen molar-refractivity contribution in [2.75, 3.05) is 12.3 Å². The third-order valence-corrected chi connectivity index (χ3v) is 4.26. The highest BCUT2D eigenvalue weighted by Gasteiger charge is 2.29. The molecule has 1 saturated carbocycles. The van der Waals surface area contributed by atoms with E-state index in [0.717, 1.165) is 25.7 Å². The molecule has 20 heavy (non-hydrogen) atoms. The lowest BCUT2D eigenvalue weighted by Crippen LogP contribution is -2.44. The van der Waals surface area contributed by atoms with E-state index in [-0.39, 0.29) is 18.5 Å². The van der Waals surface area contributed by atoms with Gasteiger partial charge < -0.3 is 16.4 Å². The summed E-state index contributed by atoms with van der Waals surface area (Å²) in [5.74, 6) is -0.694. The Balaban J connectivity index is 2.29. The molecule has 0 atom stereocenters. The predicted octanol–water partition coefficient (Wildman–Crippen LogP) is 1.90. The van der Waals surface area contributed by atoms with Gasteiger partial charge in [-0.25, -0.2) is 0 Å². The van der Waals surface area contributed by atoms with Crippen LogP contribution in [0.1, 0.15) is 36.0 Å². The number of nitrogen functional groups attached to an aromatic ring is 1. The van der Waals surface area contributed by atoms with Gasteiger partial charge in [-0.05, 0) is 47.0 Å². The number of nitrogens with two attached hydrogens (primary N) is 2. The Morgan fingerprint density at radius 2 is 1.95 bits per heavy atom. The number of rotatable bonds is 4. The van der Waals surface area contributed by atoms with Crippen molar-refractivity contribution >= 4 is 33.4 Å². The van der Waals surface area contributed by atoms with E-state index in [1.54, 1.807) is 23.1 Å². The molecular weight excluding hydrogens is 322 g/mol. The highest BCUT2D eigenvalue weighted by atomic mass is 79.9. The maximum atomic E-state index is 12.7. The summed E-state index contributed by atoms with van der Waals surface area (Å²) in [6.07, 6.45) is 3.98. The number of hydrogen-bond donors (Lipinski definition) is 2. The monoisotopic (exact) mass is 339 g/mol. The van der Waals surface area contributed by atoms with Crippen molar-refractivity contribution < 1.29 is 9.59 Å². The van der Waals surface area contributed by atoms with E-state index in [0.29, 0.717) is 15.7 Å². The van der Waals surface area contributed by atoms with Crippen molar-refractivity contribution in [3.63, 3.8) is 0 Å². The van der Waals surface area contributed by atoms with Gasteiger partial charge in [-0.15, -0.1) is 0 Å². The van der Waals surface area contributed by atoms with Crippen molar-refractivity contribution in [3.05, 3.63) is 28.2 Å². The molecule has 1 fully saturated rings. The van der Waals surface area contributed by atoms with Crippen LogP contribution in [0.2, 0.25) is 0 Å². The molecule has 0 unspecified atom stereocenters. The summed E-state index contributed by atoms with van der Waals surface area (Å²) in [6, 6.07) is 5.16. The first-order valence-corrected chi connectivity index (χ1v) is 7.42. The van der Waals surface area contributed by atoms with E-state index in [2.05, 4.69) is 15.9 Å². The van der Waals surface area contributed by atoms with Gasteiger partial charge in [-0.1, -0.05) is 12.8 Å². The second-order valence-electron chi connectivity index (χ2n) is 5.08. The third kappa shape index (κ3) is 3.30. The average Bonchev–Trinajstić information content (AvgIpc) is 2.91. The predicted molar refractivity (Wildman–Crippen MR) is 81.0 cm³/mol. The standard InChI is InChI=1S/C14H18BrN3O2/c15-12-6-5-9(16)7-11(12)14(20)18(8-13(17)19)10-3-1-2-4-10/h5-7,10H,1-4,8,16H2,(H2,17,19). The molecular formula is C14H18BrN3O2. The fraction of sp³-hybridized carbons (Fsp3) is 0.429. The van der Waals surface area contributed by atoms with Crippen LogP contribution in [-0.4, -0.2) is 29.3 Å². The number of halogens is 1. The van der Waals surface area contributed by atoms with Gasteiger partial charge in [0, 0.05) is 16.2 Å². The maximum absolute atomic E-state index is 12.7. The van der Waals surface area contributed by atoms with Gasteiger partial charge in [-0.3, -0.25) is 9.59 Å². The molecule has 0 heterocycles. The number of benzene rings is 1. The zero-order valence-electron chi connectivity index (χ0n) is 11.1. The molecule has 4 N–H and O–H groups in total. The molecule has 6 heteroatoms. The van der Waals surface area contributed by atoms with Crippen molar-refractivity contribution in [3.8, 4) is 0 Å². The van der Waals surface area contributed by atoms with Crippen LogP contribution >= 0.6 is 15.9 Å². The molecule has 1 aliphatic carbocycles. The van der Waals surface area contributed by atoms with Crippen LogP contribution in [0.4, 0.5) is 5.69 Å². The van der Waals surface area contributed by atoms with Crippen LogP contribution in [0.5, 0.6) is 0 Å². The quantitative estimate of drug-likeness (QED) is 0.821. The second kappa shape index (κ2) is 6.26. The minimum Gasteiger partial charge on any atom is -0.399 e. The molecule has 0 spiro atoms. The van der Waals surface area contributed by atoms with E-state index in [9.17, 15) is 9.59 Å². The Hall–Kier alpha value is -1.56. The van der Waals surface area contributed by atoms with Crippen molar-refractivity contribution in [1.29, 1.82) is 0 Å². The lowest BCUT2D eigenvalue weighted by molar-refractivity contribution is -0.119. The van der Waals surface area contributed by atoms with Gasteiger partial charge in [0.2, 0.25) is 5.91 Å². The molecule has 0 saturated heterocycles. The highest BCUT2D eigenvalue weighted by Crippen LogP contribution is 2.27. The summed E-state index contributed by atoms with van der Waals surface area (Å²) in [5.41, 5.74) is 12.0. The summed E-state index contributed by atoms with van der Waals surface area (Å²) in [4.78, 5) is 25.5. The van der Waals surface area contributed by atoms with Crippen molar-refractivity contribution in [2.24, 2.45) is 5.73 Å². The lowest BCUT2D eigenvalue weighted by atomic mass is 10.1. The molecule has 0 aliphatic heterocycles. The molecule has 0 bridgehead atoms. The highest BCUT2D eigenvalue weighted by molar-refractivity contribution is 9.10. The van der Waals surface area contributed by atoms with Crippen molar-refractivity contribution in [2.45, 2.75) is 31.7 Å². The molecule has 108 valence electrons. The Kier molecular flexibility index (Phi) is 4.65. The first kappa shape index (κ1) is 14.8. The fourth-order valence-corrected chi connectivity index (χ4v) is 3.03. The van der Waals surface area contributed by atoms with Crippen LogP contribution in [0.15, 0.2) is 22.7 Å². The summed E-state index contributed by atoms with van der Waals surface area (Å²) < 4.78 is 0.671. The number of hydrogen-bond acceptors (Lipinski definition) is 3. The lowest BCUT2D eigenvalue weighted by Gasteiger charge is -2.28. The van der Waals surface area contributed by atoms with E-state index in [1.807, 2.05) is 0 Å². The number of nitrogens with zero attached hydrogens (tertiary/aromatic N) is 1. The minimum absolute atomic E-state index is 0.0509. The second-order valence-corrected chi connectivity index (χ2v) is 5.93. The van der Waals surface area contributed by atoms with Crippen LogP contribution in [0, 0.1) is 0 Å². The van der Waals surface area contributed by atoms with Gasteiger partial charge in [0.25, 0.3) is 5.91 Å². The molecule has 0 radical (unpaired) electrons. The Bertz CT molecular complexity index is 527. The first-order valence-electron chi connectivity index (χ1n) is 6.63.